The lowest BCUT2D eigenvalue weighted by molar-refractivity contribution is 0.158. The van der Waals surface area contributed by atoms with Crippen LogP contribution in [0.15, 0.2) is 28.7 Å². The van der Waals surface area contributed by atoms with Gasteiger partial charge in [-0.15, -0.1) is 0 Å². The fourth-order valence-corrected chi connectivity index (χ4v) is 2.75. The summed E-state index contributed by atoms with van der Waals surface area (Å²) in [6.07, 6.45) is 4.12. The predicted molar refractivity (Wildman–Crippen MR) is 69.8 cm³/mol. The molecule has 0 spiro atoms. The quantitative estimate of drug-likeness (QED) is 0.916. The topological polar surface area (TPSA) is 21.3 Å². The monoisotopic (exact) mass is 283 g/mol. The molecule has 2 unspecified atom stereocenters. The lowest BCUT2D eigenvalue weighted by atomic mass is 10.1. The fraction of sp³-hybridized carbons (Fsp3) is 0.538. The molecule has 0 aliphatic heterocycles. The number of rotatable bonds is 4. The molecule has 16 heavy (non-hydrogen) atoms. The smallest absolute Gasteiger partial charge is 0.120 e. The van der Waals surface area contributed by atoms with Crippen molar-refractivity contribution >= 4 is 15.9 Å². The van der Waals surface area contributed by atoms with Gasteiger partial charge in [0.05, 0.1) is 0 Å². The van der Waals surface area contributed by atoms with Crippen molar-refractivity contribution in [3.8, 4) is 5.75 Å². The normalized spacial score (nSPS) is 24.6. The molecule has 1 fully saturated rings. The maximum absolute atomic E-state index is 6.05. The van der Waals surface area contributed by atoms with Crippen LogP contribution in [0.3, 0.4) is 0 Å². The summed E-state index contributed by atoms with van der Waals surface area (Å²) < 4.78 is 7.13. The Morgan fingerprint density at radius 2 is 2.31 bits per heavy atom. The summed E-state index contributed by atoms with van der Waals surface area (Å²) in [5, 5.41) is 3.25. The Labute approximate surface area is 106 Å². The van der Waals surface area contributed by atoms with Crippen LogP contribution < -0.4 is 10.1 Å². The maximum atomic E-state index is 6.05. The number of benzene rings is 1. The third-order valence-corrected chi connectivity index (χ3v) is 3.63. The molecule has 2 rings (SSSR count). The minimum Gasteiger partial charge on any atom is -0.490 e. The number of halogens is 1. The molecule has 1 saturated carbocycles. The van der Waals surface area contributed by atoms with Gasteiger partial charge in [0, 0.05) is 16.9 Å². The van der Waals surface area contributed by atoms with Gasteiger partial charge in [0.1, 0.15) is 11.9 Å². The van der Waals surface area contributed by atoms with Crippen molar-refractivity contribution in [1.82, 2.24) is 5.32 Å². The van der Waals surface area contributed by atoms with Crippen LogP contribution in [0.4, 0.5) is 0 Å². The average molecular weight is 284 g/mol. The maximum Gasteiger partial charge on any atom is 0.120 e. The van der Waals surface area contributed by atoms with E-state index in [1.165, 1.54) is 19.3 Å². The van der Waals surface area contributed by atoms with Crippen LogP contribution >= 0.6 is 15.9 Å². The molecule has 0 aromatic heterocycles. The first kappa shape index (κ1) is 11.9. The van der Waals surface area contributed by atoms with Crippen molar-refractivity contribution in [3.63, 3.8) is 0 Å². The van der Waals surface area contributed by atoms with E-state index in [2.05, 4.69) is 21.2 Å². The zero-order valence-electron chi connectivity index (χ0n) is 9.58. The molecule has 88 valence electrons. The highest BCUT2D eigenvalue weighted by molar-refractivity contribution is 9.10. The minimum absolute atomic E-state index is 0.377. The summed E-state index contributed by atoms with van der Waals surface area (Å²) in [6, 6.07) is 8.10. The van der Waals surface area contributed by atoms with E-state index < -0.39 is 0 Å². The van der Waals surface area contributed by atoms with Crippen molar-refractivity contribution in [2.45, 2.75) is 25.4 Å². The first-order valence-electron chi connectivity index (χ1n) is 5.86. The summed E-state index contributed by atoms with van der Waals surface area (Å²) >= 11 is 3.47. The minimum atomic E-state index is 0.377. The fourth-order valence-electron chi connectivity index (χ4n) is 2.37. The second-order valence-electron chi connectivity index (χ2n) is 4.36. The van der Waals surface area contributed by atoms with E-state index in [0.29, 0.717) is 12.0 Å². The molecular weight excluding hydrogens is 266 g/mol. The van der Waals surface area contributed by atoms with Gasteiger partial charge in [-0.25, -0.2) is 0 Å². The van der Waals surface area contributed by atoms with Crippen LogP contribution in [0.1, 0.15) is 19.3 Å². The molecule has 1 aromatic rings. The second-order valence-corrected chi connectivity index (χ2v) is 5.28. The van der Waals surface area contributed by atoms with Crippen LogP contribution in [0, 0.1) is 5.92 Å². The van der Waals surface area contributed by atoms with Gasteiger partial charge in [0.25, 0.3) is 0 Å². The Balaban J connectivity index is 1.98. The molecule has 0 bridgehead atoms. The largest absolute Gasteiger partial charge is 0.490 e. The summed E-state index contributed by atoms with van der Waals surface area (Å²) in [4.78, 5) is 0. The van der Waals surface area contributed by atoms with E-state index in [-0.39, 0.29) is 0 Å². The standard InChI is InChI=1S/C13H18BrNO/c1-15-9-10-4-2-7-13(10)16-12-6-3-5-11(14)8-12/h3,5-6,8,10,13,15H,2,4,7,9H2,1H3. The van der Waals surface area contributed by atoms with Crippen LogP contribution in [-0.4, -0.2) is 19.7 Å². The molecule has 1 N–H and O–H groups in total. The summed E-state index contributed by atoms with van der Waals surface area (Å²) in [6.45, 7) is 1.05. The van der Waals surface area contributed by atoms with Gasteiger partial charge in [-0.1, -0.05) is 22.0 Å². The van der Waals surface area contributed by atoms with Crippen molar-refractivity contribution in [2.24, 2.45) is 5.92 Å². The Morgan fingerprint density at radius 1 is 1.44 bits per heavy atom. The van der Waals surface area contributed by atoms with Gasteiger partial charge in [-0.2, -0.15) is 0 Å². The molecule has 1 aromatic carbocycles. The molecule has 1 aliphatic rings. The van der Waals surface area contributed by atoms with Crippen molar-refractivity contribution in [1.29, 1.82) is 0 Å². The highest BCUT2D eigenvalue weighted by Crippen LogP contribution is 2.30. The Kier molecular flexibility index (Phi) is 4.24. The zero-order chi connectivity index (χ0) is 11.4. The van der Waals surface area contributed by atoms with Gasteiger partial charge >= 0.3 is 0 Å². The van der Waals surface area contributed by atoms with Crippen LogP contribution in [0.25, 0.3) is 0 Å². The van der Waals surface area contributed by atoms with Crippen molar-refractivity contribution < 1.29 is 4.74 Å². The van der Waals surface area contributed by atoms with Crippen molar-refractivity contribution in [2.75, 3.05) is 13.6 Å². The number of ether oxygens (including phenoxy) is 1. The zero-order valence-corrected chi connectivity index (χ0v) is 11.2. The van der Waals surface area contributed by atoms with E-state index in [9.17, 15) is 0 Å². The summed E-state index contributed by atoms with van der Waals surface area (Å²) in [7, 11) is 2.01. The van der Waals surface area contributed by atoms with Crippen molar-refractivity contribution in [3.05, 3.63) is 28.7 Å². The average Bonchev–Trinajstić information content (AvgIpc) is 2.66. The molecule has 2 nitrogen and oxygen atoms in total. The number of nitrogens with one attached hydrogen (secondary N) is 1. The molecule has 0 amide bonds. The third-order valence-electron chi connectivity index (χ3n) is 3.14. The van der Waals surface area contributed by atoms with E-state index in [1.54, 1.807) is 0 Å². The van der Waals surface area contributed by atoms with E-state index >= 15 is 0 Å². The number of hydrogen-bond donors (Lipinski definition) is 1. The molecule has 1 aliphatic carbocycles. The third kappa shape index (κ3) is 2.98. The van der Waals surface area contributed by atoms with Crippen LogP contribution in [0.2, 0.25) is 0 Å². The second kappa shape index (κ2) is 5.69. The number of hydrogen-bond acceptors (Lipinski definition) is 2. The molecule has 0 saturated heterocycles. The van der Waals surface area contributed by atoms with Gasteiger partial charge < -0.3 is 10.1 Å². The van der Waals surface area contributed by atoms with Crippen LogP contribution in [0.5, 0.6) is 5.75 Å². The van der Waals surface area contributed by atoms with Crippen LogP contribution in [-0.2, 0) is 0 Å². The molecule has 0 radical (unpaired) electrons. The molecule has 2 atom stereocenters. The Morgan fingerprint density at radius 3 is 3.06 bits per heavy atom. The molecule has 3 heteroatoms. The lowest BCUT2D eigenvalue weighted by Crippen LogP contribution is -2.29. The Hall–Kier alpha value is -0.540. The van der Waals surface area contributed by atoms with E-state index in [0.717, 1.165) is 16.8 Å². The van der Waals surface area contributed by atoms with Gasteiger partial charge in [0.2, 0.25) is 0 Å². The van der Waals surface area contributed by atoms with E-state index in [1.807, 2.05) is 31.3 Å². The summed E-state index contributed by atoms with van der Waals surface area (Å²) in [5.74, 6) is 1.63. The van der Waals surface area contributed by atoms with E-state index in [4.69, 9.17) is 4.74 Å². The highest BCUT2D eigenvalue weighted by atomic mass is 79.9. The van der Waals surface area contributed by atoms with Gasteiger partial charge in [-0.3, -0.25) is 0 Å². The molecule has 0 heterocycles. The summed E-state index contributed by atoms with van der Waals surface area (Å²) in [5.41, 5.74) is 0. The predicted octanol–water partition coefficient (Wildman–Crippen LogP) is 3.22. The molecular formula is C13H18BrNO. The SMILES string of the molecule is CNCC1CCCC1Oc1cccc(Br)c1. The first-order valence-corrected chi connectivity index (χ1v) is 6.65. The van der Waals surface area contributed by atoms with Gasteiger partial charge in [0.15, 0.2) is 0 Å². The first-order chi connectivity index (χ1) is 7.79. The lowest BCUT2D eigenvalue weighted by Gasteiger charge is -2.21. The Bertz CT molecular complexity index is 342. The highest BCUT2D eigenvalue weighted by Gasteiger charge is 2.28. The van der Waals surface area contributed by atoms with Gasteiger partial charge in [-0.05, 0) is 44.5 Å².